The minimum atomic E-state index is -0.673. The lowest BCUT2D eigenvalue weighted by Crippen LogP contribution is -2.27. The van der Waals surface area contributed by atoms with Crippen LogP contribution in [0.2, 0.25) is 5.02 Å². The lowest BCUT2D eigenvalue weighted by atomic mass is 9.65. The number of methoxy groups -OCH3 is 2. The zero-order valence-corrected chi connectivity index (χ0v) is 26.4. The number of halogens is 1. The van der Waals surface area contributed by atoms with Crippen LogP contribution in [-0.4, -0.2) is 14.2 Å². The van der Waals surface area contributed by atoms with E-state index < -0.39 is 5.41 Å². The third kappa shape index (κ3) is 4.18. The van der Waals surface area contributed by atoms with Gasteiger partial charge in [-0.2, -0.15) is 0 Å². The number of fused-ring (bicyclic) bond motifs is 4. The van der Waals surface area contributed by atoms with Gasteiger partial charge in [0.05, 0.1) is 19.6 Å². The fraction of sp³-hybridized carbons (Fsp3) is 0.0698. The first-order valence-corrected chi connectivity index (χ1v) is 15.8. The van der Waals surface area contributed by atoms with Gasteiger partial charge in [-0.05, 0) is 103 Å². The van der Waals surface area contributed by atoms with Crippen molar-refractivity contribution in [1.82, 2.24) is 0 Å². The van der Waals surface area contributed by atoms with Crippen molar-refractivity contribution in [2.75, 3.05) is 14.2 Å². The maximum absolute atomic E-state index is 6.96. The van der Waals surface area contributed by atoms with Crippen molar-refractivity contribution in [3.63, 3.8) is 0 Å². The van der Waals surface area contributed by atoms with E-state index in [9.17, 15) is 0 Å². The first kappa shape index (κ1) is 28.2. The fourth-order valence-corrected chi connectivity index (χ4v) is 7.74. The maximum Gasteiger partial charge on any atom is 0.118 e. The van der Waals surface area contributed by atoms with Crippen LogP contribution in [0.1, 0.15) is 44.5 Å². The van der Waals surface area contributed by atoms with Crippen molar-refractivity contribution in [2.45, 2.75) is 5.41 Å². The van der Waals surface area contributed by atoms with E-state index in [1.165, 1.54) is 50.1 Å². The van der Waals surface area contributed by atoms with Crippen molar-refractivity contribution < 1.29 is 9.47 Å². The highest BCUT2D eigenvalue weighted by Gasteiger charge is 2.55. The summed E-state index contributed by atoms with van der Waals surface area (Å²) in [7, 11) is 3.41. The standard InChI is InChI=1S/C43H31ClO2/c1-45-33-22-17-29(18-23-33)40-36-26-21-32(44)27-38(36)43(42(40)31-19-24-34(46-2)25-20-31)37-16-10-9-15-35(37)39(28-11-5-3-6-12-28)41(43)30-13-7-4-8-14-30/h3-27H,1-2H3. The number of ether oxygens (including phenoxy) is 2. The van der Waals surface area contributed by atoms with Gasteiger partial charge in [-0.15, -0.1) is 0 Å². The van der Waals surface area contributed by atoms with Gasteiger partial charge in [-0.25, -0.2) is 0 Å². The summed E-state index contributed by atoms with van der Waals surface area (Å²) in [5.41, 5.74) is 13.6. The number of benzene rings is 6. The molecule has 3 heteroatoms. The lowest BCUT2D eigenvalue weighted by molar-refractivity contribution is 0.414. The smallest absolute Gasteiger partial charge is 0.118 e. The molecule has 6 aromatic rings. The number of hydrogen-bond donors (Lipinski definition) is 0. The molecule has 2 aliphatic carbocycles. The van der Waals surface area contributed by atoms with Gasteiger partial charge in [0, 0.05) is 5.02 Å². The summed E-state index contributed by atoms with van der Waals surface area (Å²) in [6.45, 7) is 0. The summed E-state index contributed by atoms with van der Waals surface area (Å²) in [5, 5.41) is 0.709. The molecule has 46 heavy (non-hydrogen) atoms. The average Bonchev–Trinajstić information content (AvgIpc) is 3.59. The molecule has 8 rings (SSSR count). The van der Waals surface area contributed by atoms with Crippen LogP contribution < -0.4 is 9.47 Å². The Bertz CT molecular complexity index is 2140. The Hall–Kier alpha value is -5.31. The van der Waals surface area contributed by atoms with Gasteiger partial charge >= 0.3 is 0 Å². The van der Waals surface area contributed by atoms with Crippen molar-refractivity contribution >= 4 is 33.9 Å². The zero-order valence-electron chi connectivity index (χ0n) is 25.6. The predicted molar refractivity (Wildman–Crippen MR) is 189 cm³/mol. The van der Waals surface area contributed by atoms with Crippen LogP contribution in [-0.2, 0) is 5.41 Å². The quantitative estimate of drug-likeness (QED) is 0.186. The van der Waals surface area contributed by atoms with Gasteiger partial charge in [-0.3, -0.25) is 0 Å². The van der Waals surface area contributed by atoms with Crippen LogP contribution >= 0.6 is 11.6 Å². The molecule has 0 aliphatic heterocycles. The van der Waals surface area contributed by atoms with E-state index in [4.69, 9.17) is 21.1 Å². The molecule has 2 aliphatic rings. The predicted octanol–water partition coefficient (Wildman–Crippen LogP) is 10.6. The molecule has 0 heterocycles. The van der Waals surface area contributed by atoms with Crippen molar-refractivity contribution in [1.29, 1.82) is 0 Å². The van der Waals surface area contributed by atoms with Crippen LogP contribution in [0.15, 0.2) is 152 Å². The Morgan fingerprint density at radius 3 is 1.48 bits per heavy atom. The van der Waals surface area contributed by atoms with Crippen molar-refractivity contribution in [3.8, 4) is 11.5 Å². The van der Waals surface area contributed by atoms with E-state index in [1.807, 2.05) is 18.2 Å². The monoisotopic (exact) mass is 614 g/mol. The van der Waals surface area contributed by atoms with Crippen molar-refractivity contribution in [2.24, 2.45) is 0 Å². The first-order chi connectivity index (χ1) is 22.6. The van der Waals surface area contributed by atoms with Crippen LogP contribution in [0.3, 0.4) is 0 Å². The topological polar surface area (TPSA) is 18.5 Å². The van der Waals surface area contributed by atoms with E-state index in [-0.39, 0.29) is 0 Å². The second-order valence-electron chi connectivity index (χ2n) is 11.7. The Balaban J connectivity index is 1.61. The molecule has 1 spiro atoms. The molecule has 0 bridgehead atoms. The Labute approximate surface area is 274 Å². The summed E-state index contributed by atoms with van der Waals surface area (Å²) < 4.78 is 11.2. The Kier molecular flexibility index (Phi) is 6.89. The summed E-state index contributed by atoms with van der Waals surface area (Å²) in [4.78, 5) is 0. The summed E-state index contributed by atoms with van der Waals surface area (Å²) >= 11 is 6.96. The molecule has 0 aromatic heterocycles. The first-order valence-electron chi connectivity index (χ1n) is 15.4. The molecule has 0 saturated heterocycles. The molecule has 0 N–H and O–H groups in total. The van der Waals surface area contributed by atoms with E-state index in [1.54, 1.807) is 14.2 Å². The van der Waals surface area contributed by atoms with E-state index in [2.05, 4.69) is 133 Å². The molecular weight excluding hydrogens is 584 g/mol. The average molecular weight is 615 g/mol. The third-order valence-electron chi connectivity index (χ3n) is 9.39. The lowest BCUT2D eigenvalue weighted by Gasteiger charge is -2.35. The normalized spacial score (nSPS) is 16.5. The molecular formula is C43H31ClO2. The highest BCUT2D eigenvalue weighted by atomic mass is 35.5. The molecule has 222 valence electrons. The third-order valence-corrected chi connectivity index (χ3v) is 9.62. The highest BCUT2D eigenvalue weighted by molar-refractivity contribution is 6.31. The van der Waals surface area contributed by atoms with E-state index in [0.717, 1.165) is 28.2 Å². The molecule has 1 atom stereocenters. The van der Waals surface area contributed by atoms with Crippen molar-refractivity contribution in [3.05, 3.63) is 201 Å². The fourth-order valence-electron chi connectivity index (χ4n) is 7.57. The SMILES string of the molecule is COc1ccc(C2=C(c3ccc(OC)cc3)C3(C(c4ccccc4)=C(c4ccccc4)c4ccccc43)c3cc(Cl)ccc32)cc1. The molecule has 1 unspecified atom stereocenters. The van der Waals surface area contributed by atoms with Crippen LogP contribution in [0.5, 0.6) is 11.5 Å². The zero-order chi connectivity index (χ0) is 31.3. The number of rotatable bonds is 6. The Morgan fingerprint density at radius 2 is 0.891 bits per heavy atom. The largest absolute Gasteiger partial charge is 0.497 e. The van der Waals surface area contributed by atoms with Gasteiger partial charge in [-0.1, -0.05) is 127 Å². The Morgan fingerprint density at radius 1 is 0.435 bits per heavy atom. The highest BCUT2D eigenvalue weighted by Crippen LogP contribution is 2.67. The number of hydrogen-bond acceptors (Lipinski definition) is 2. The van der Waals surface area contributed by atoms with Crippen LogP contribution in [0, 0.1) is 0 Å². The number of allylic oxidation sites excluding steroid dienone is 2. The minimum absolute atomic E-state index is 0.673. The molecule has 0 saturated carbocycles. The molecule has 2 nitrogen and oxygen atoms in total. The van der Waals surface area contributed by atoms with Gasteiger partial charge in [0.25, 0.3) is 0 Å². The van der Waals surface area contributed by atoms with Gasteiger partial charge in [0.2, 0.25) is 0 Å². The van der Waals surface area contributed by atoms with Crippen LogP contribution in [0.4, 0.5) is 0 Å². The van der Waals surface area contributed by atoms with Gasteiger partial charge in [0.1, 0.15) is 11.5 Å². The summed E-state index contributed by atoms with van der Waals surface area (Å²) in [5.74, 6) is 1.64. The second kappa shape index (κ2) is 11.2. The van der Waals surface area contributed by atoms with E-state index >= 15 is 0 Å². The van der Waals surface area contributed by atoms with Gasteiger partial charge in [0.15, 0.2) is 0 Å². The van der Waals surface area contributed by atoms with Crippen LogP contribution in [0.25, 0.3) is 22.3 Å². The summed E-state index contributed by atoms with van der Waals surface area (Å²) in [6, 6.07) is 53.8. The summed E-state index contributed by atoms with van der Waals surface area (Å²) in [6.07, 6.45) is 0. The molecule has 0 amide bonds. The second-order valence-corrected chi connectivity index (χ2v) is 12.1. The minimum Gasteiger partial charge on any atom is -0.497 e. The molecule has 0 radical (unpaired) electrons. The van der Waals surface area contributed by atoms with E-state index in [0.29, 0.717) is 5.02 Å². The maximum atomic E-state index is 6.96. The molecule has 0 fully saturated rings. The molecule has 6 aromatic carbocycles. The van der Waals surface area contributed by atoms with Gasteiger partial charge < -0.3 is 9.47 Å².